The van der Waals surface area contributed by atoms with Gasteiger partial charge < -0.3 is 9.51 Å². The smallest absolute Gasteiger partial charge is 0.326 e. The van der Waals surface area contributed by atoms with E-state index in [2.05, 4.69) is 21.2 Å². The zero-order valence-electron chi connectivity index (χ0n) is 14.7. The van der Waals surface area contributed by atoms with Crippen LogP contribution in [0.5, 0.6) is 0 Å². The fraction of sp³-hybridized carbons (Fsp3) is 0.278. The molecule has 7 heteroatoms. The van der Waals surface area contributed by atoms with Crippen LogP contribution in [-0.2, 0) is 7.05 Å². The van der Waals surface area contributed by atoms with Crippen LogP contribution in [-0.4, -0.2) is 19.7 Å². The molecule has 1 N–H and O–H groups in total. The first-order valence-corrected chi connectivity index (χ1v) is 8.79. The minimum Gasteiger partial charge on any atom is -0.361 e. The van der Waals surface area contributed by atoms with Crippen molar-refractivity contribution in [1.82, 2.24) is 19.7 Å². The van der Waals surface area contributed by atoms with Crippen LogP contribution in [0.25, 0.3) is 32.6 Å². The van der Waals surface area contributed by atoms with E-state index >= 15 is 0 Å². The summed E-state index contributed by atoms with van der Waals surface area (Å²) in [4.78, 5) is 20.8. The molecule has 3 aromatic heterocycles. The summed E-state index contributed by atoms with van der Waals surface area (Å²) < 4.78 is 6.98. The normalized spacial score (nSPS) is 11.6. The lowest BCUT2D eigenvalue weighted by molar-refractivity contribution is 0.393. The van der Waals surface area contributed by atoms with Gasteiger partial charge in [-0.1, -0.05) is 5.16 Å². The standard InChI is InChI=1S/C18H18N4O2S/c1-8-15(10(3)24-21-8)12-6-13(17-9(2)19-11(4)25-17)16-14(7-12)20-18(23)22(16)5/h6-7H,1-5H3,(H,20,23). The van der Waals surface area contributed by atoms with Gasteiger partial charge in [-0.25, -0.2) is 9.78 Å². The Bertz CT molecular complexity index is 1160. The quantitative estimate of drug-likeness (QED) is 0.593. The molecule has 0 amide bonds. The van der Waals surface area contributed by atoms with E-state index in [9.17, 15) is 4.79 Å². The number of nitrogens with one attached hydrogen (secondary N) is 1. The van der Waals surface area contributed by atoms with Crippen molar-refractivity contribution in [2.24, 2.45) is 7.05 Å². The molecule has 25 heavy (non-hydrogen) atoms. The van der Waals surface area contributed by atoms with Gasteiger partial charge in [0.15, 0.2) is 0 Å². The molecule has 0 aliphatic carbocycles. The summed E-state index contributed by atoms with van der Waals surface area (Å²) in [5, 5.41) is 5.06. The lowest BCUT2D eigenvalue weighted by Gasteiger charge is -2.08. The third-order valence-corrected chi connectivity index (χ3v) is 5.57. The highest BCUT2D eigenvalue weighted by molar-refractivity contribution is 7.15. The van der Waals surface area contributed by atoms with Crippen molar-refractivity contribution in [3.05, 3.63) is 44.8 Å². The Morgan fingerprint density at radius 1 is 1.16 bits per heavy atom. The van der Waals surface area contributed by atoms with Crippen molar-refractivity contribution in [2.75, 3.05) is 0 Å². The van der Waals surface area contributed by atoms with Crippen molar-refractivity contribution in [3.8, 4) is 21.6 Å². The molecule has 128 valence electrons. The van der Waals surface area contributed by atoms with Gasteiger partial charge in [0.2, 0.25) is 0 Å². The van der Waals surface area contributed by atoms with Gasteiger partial charge in [0.05, 0.1) is 32.3 Å². The van der Waals surface area contributed by atoms with Gasteiger partial charge in [0.25, 0.3) is 0 Å². The predicted octanol–water partition coefficient (Wildman–Crippen LogP) is 3.88. The monoisotopic (exact) mass is 354 g/mol. The number of nitrogens with zero attached hydrogens (tertiary/aromatic N) is 3. The molecule has 0 aliphatic rings. The Labute approximate surface area is 148 Å². The van der Waals surface area contributed by atoms with E-state index in [1.54, 1.807) is 23.0 Å². The number of hydrogen-bond donors (Lipinski definition) is 1. The van der Waals surface area contributed by atoms with Crippen LogP contribution in [0.1, 0.15) is 22.2 Å². The SMILES string of the molecule is Cc1nc(C)c(-c2cc(-c3c(C)noc3C)cc3[nH]c(=O)n(C)c23)s1. The summed E-state index contributed by atoms with van der Waals surface area (Å²) >= 11 is 1.64. The molecule has 1 aromatic carbocycles. The highest BCUT2D eigenvalue weighted by Gasteiger charge is 2.19. The maximum absolute atomic E-state index is 12.2. The predicted molar refractivity (Wildman–Crippen MR) is 99.1 cm³/mol. The maximum atomic E-state index is 12.2. The lowest BCUT2D eigenvalue weighted by Crippen LogP contribution is -2.12. The van der Waals surface area contributed by atoms with Crippen LogP contribution < -0.4 is 5.69 Å². The molecule has 0 unspecified atom stereocenters. The number of thiazole rings is 1. The Kier molecular flexibility index (Phi) is 3.43. The highest BCUT2D eigenvalue weighted by Crippen LogP contribution is 2.38. The van der Waals surface area contributed by atoms with Gasteiger partial charge in [-0.05, 0) is 45.4 Å². The Morgan fingerprint density at radius 3 is 2.52 bits per heavy atom. The largest absolute Gasteiger partial charge is 0.361 e. The van der Waals surface area contributed by atoms with Gasteiger partial charge in [-0.15, -0.1) is 11.3 Å². The number of H-pyrrole nitrogens is 1. The number of aromatic amines is 1. The van der Waals surface area contributed by atoms with E-state index in [0.717, 1.165) is 54.8 Å². The number of aromatic nitrogens is 4. The average molecular weight is 354 g/mol. The van der Waals surface area contributed by atoms with Crippen molar-refractivity contribution in [1.29, 1.82) is 0 Å². The zero-order valence-corrected chi connectivity index (χ0v) is 15.5. The van der Waals surface area contributed by atoms with Crippen LogP contribution in [0, 0.1) is 27.7 Å². The molecule has 0 radical (unpaired) electrons. The highest BCUT2D eigenvalue weighted by atomic mass is 32.1. The summed E-state index contributed by atoms with van der Waals surface area (Å²) in [6, 6.07) is 4.08. The van der Waals surface area contributed by atoms with E-state index in [4.69, 9.17) is 4.52 Å². The third-order valence-electron chi connectivity index (χ3n) is 4.46. The lowest BCUT2D eigenvalue weighted by atomic mass is 9.99. The summed E-state index contributed by atoms with van der Waals surface area (Å²) in [5.41, 5.74) is 6.28. The van der Waals surface area contributed by atoms with E-state index in [0.29, 0.717) is 0 Å². The fourth-order valence-electron chi connectivity index (χ4n) is 3.39. The molecule has 0 spiro atoms. The maximum Gasteiger partial charge on any atom is 0.326 e. The van der Waals surface area contributed by atoms with E-state index in [-0.39, 0.29) is 5.69 Å². The topological polar surface area (TPSA) is 76.7 Å². The van der Waals surface area contributed by atoms with Gasteiger partial charge in [0, 0.05) is 18.2 Å². The second-order valence-electron chi connectivity index (χ2n) is 6.26. The summed E-state index contributed by atoms with van der Waals surface area (Å²) in [5.74, 6) is 0.762. The first kappa shape index (κ1) is 15.8. The molecular formula is C18H18N4O2S. The Morgan fingerprint density at radius 2 is 1.92 bits per heavy atom. The number of benzene rings is 1. The first-order valence-electron chi connectivity index (χ1n) is 7.97. The Hall–Kier alpha value is -2.67. The molecule has 4 rings (SSSR count). The number of hydrogen-bond acceptors (Lipinski definition) is 5. The van der Waals surface area contributed by atoms with Gasteiger partial charge in [-0.3, -0.25) is 4.57 Å². The Balaban J connectivity index is 2.13. The van der Waals surface area contributed by atoms with Gasteiger partial charge >= 0.3 is 5.69 Å². The van der Waals surface area contributed by atoms with Gasteiger partial charge in [0.1, 0.15) is 5.76 Å². The van der Waals surface area contributed by atoms with Crippen LogP contribution >= 0.6 is 11.3 Å². The molecule has 3 heterocycles. The number of aryl methyl sites for hydroxylation is 5. The molecule has 4 aromatic rings. The van der Waals surface area contributed by atoms with Crippen molar-refractivity contribution in [2.45, 2.75) is 27.7 Å². The first-order chi connectivity index (χ1) is 11.9. The van der Waals surface area contributed by atoms with Crippen molar-refractivity contribution < 1.29 is 4.52 Å². The van der Waals surface area contributed by atoms with E-state index in [1.807, 2.05) is 33.8 Å². The molecule has 0 aliphatic heterocycles. The third kappa shape index (κ3) is 2.34. The van der Waals surface area contributed by atoms with E-state index < -0.39 is 0 Å². The van der Waals surface area contributed by atoms with Crippen LogP contribution in [0.4, 0.5) is 0 Å². The molecule has 0 saturated heterocycles. The number of rotatable bonds is 2. The molecule has 0 saturated carbocycles. The molecule has 6 nitrogen and oxygen atoms in total. The zero-order chi connectivity index (χ0) is 17.9. The summed E-state index contributed by atoms with van der Waals surface area (Å²) in [7, 11) is 1.78. The van der Waals surface area contributed by atoms with Crippen molar-refractivity contribution in [3.63, 3.8) is 0 Å². The molecule has 0 bridgehead atoms. The second kappa shape index (κ2) is 5.42. The second-order valence-corrected chi connectivity index (χ2v) is 7.46. The summed E-state index contributed by atoms with van der Waals surface area (Å²) in [6.07, 6.45) is 0. The minimum atomic E-state index is -0.133. The van der Waals surface area contributed by atoms with Crippen LogP contribution in [0.2, 0.25) is 0 Å². The summed E-state index contributed by atoms with van der Waals surface area (Å²) in [6.45, 7) is 7.81. The molecular weight excluding hydrogens is 336 g/mol. The number of fused-ring (bicyclic) bond motifs is 1. The molecule has 0 fully saturated rings. The number of imidazole rings is 1. The van der Waals surface area contributed by atoms with E-state index in [1.165, 1.54) is 0 Å². The van der Waals surface area contributed by atoms with Crippen LogP contribution in [0.15, 0.2) is 21.5 Å². The fourth-order valence-corrected chi connectivity index (χ4v) is 4.32. The average Bonchev–Trinajstić information content (AvgIpc) is 3.16. The minimum absolute atomic E-state index is 0.133. The van der Waals surface area contributed by atoms with Gasteiger partial charge in [-0.2, -0.15) is 0 Å². The molecule has 0 atom stereocenters. The van der Waals surface area contributed by atoms with Crippen LogP contribution in [0.3, 0.4) is 0 Å². The van der Waals surface area contributed by atoms with Crippen molar-refractivity contribution >= 4 is 22.4 Å².